The van der Waals surface area contributed by atoms with Crippen LogP contribution in [0.25, 0.3) is 11.3 Å². The van der Waals surface area contributed by atoms with Gasteiger partial charge in [-0.3, -0.25) is 19.2 Å². The summed E-state index contributed by atoms with van der Waals surface area (Å²) in [5.74, 6) is -2.87. The number of aryl methyl sites for hydroxylation is 1. The molecule has 0 unspecified atom stereocenters. The Labute approximate surface area is 230 Å². The molecule has 12 heteroatoms. The van der Waals surface area contributed by atoms with E-state index in [2.05, 4.69) is 6.07 Å². The van der Waals surface area contributed by atoms with Gasteiger partial charge in [-0.05, 0) is 24.1 Å². The molecule has 0 amide bonds. The van der Waals surface area contributed by atoms with Crippen molar-refractivity contribution in [1.29, 1.82) is 5.26 Å². The Bertz CT molecular complexity index is 1370. The number of nitriles is 1. The zero-order valence-electron chi connectivity index (χ0n) is 22.0. The van der Waals surface area contributed by atoms with E-state index in [1.54, 1.807) is 13.0 Å². The van der Waals surface area contributed by atoms with E-state index >= 15 is 0 Å². The van der Waals surface area contributed by atoms with Gasteiger partial charge in [0.2, 0.25) is 0 Å². The number of pyridine rings is 1. The zero-order valence-corrected chi connectivity index (χ0v) is 22.9. The van der Waals surface area contributed by atoms with Crippen molar-refractivity contribution in [3.05, 3.63) is 52.2 Å². The van der Waals surface area contributed by atoms with Crippen molar-refractivity contribution in [1.82, 2.24) is 4.57 Å². The Hall–Kier alpha value is -4.08. The number of carbonyl (C=O) groups excluding carboxylic acids is 4. The van der Waals surface area contributed by atoms with Crippen molar-refractivity contribution in [2.24, 2.45) is 0 Å². The molecule has 1 aliphatic rings. The second-order valence-corrected chi connectivity index (χ2v) is 9.22. The van der Waals surface area contributed by atoms with Gasteiger partial charge in [-0.15, -0.1) is 0 Å². The number of rotatable bonds is 7. The van der Waals surface area contributed by atoms with Gasteiger partial charge in [0.05, 0.1) is 11.3 Å². The van der Waals surface area contributed by atoms with Gasteiger partial charge in [-0.25, -0.2) is 0 Å². The lowest BCUT2D eigenvalue weighted by atomic mass is 9.96. The highest BCUT2D eigenvalue weighted by atomic mass is 32.1. The molecule has 0 N–H and O–H groups in total. The molecule has 206 valence electrons. The summed E-state index contributed by atoms with van der Waals surface area (Å²) in [6.45, 7) is 5.97. The molecule has 39 heavy (non-hydrogen) atoms. The van der Waals surface area contributed by atoms with Crippen molar-refractivity contribution < 1.29 is 42.9 Å². The Morgan fingerprint density at radius 1 is 0.923 bits per heavy atom. The zero-order chi connectivity index (χ0) is 28.9. The molecule has 1 fully saturated rings. The monoisotopic (exact) mass is 556 g/mol. The number of hydrogen-bond donors (Lipinski definition) is 0. The van der Waals surface area contributed by atoms with Crippen LogP contribution in [0, 0.1) is 22.9 Å². The lowest BCUT2D eigenvalue weighted by Crippen LogP contribution is -2.60. The third-order valence-corrected chi connectivity index (χ3v) is 6.24. The lowest BCUT2D eigenvalue weighted by molar-refractivity contribution is -0.268. The quantitative estimate of drug-likeness (QED) is 0.281. The third kappa shape index (κ3) is 6.87. The van der Waals surface area contributed by atoms with E-state index in [-0.39, 0.29) is 16.8 Å². The Morgan fingerprint density at radius 3 is 2.03 bits per heavy atom. The standard InChI is InChI=1S/C27H28N2O9S/c1-14-11-21(19-9-7-6-8-10-19)29(27(39)20(14)12-28)26-25(37-18(5)33)24(36-17(4)32)23(35-16(3)31)22(38-26)13-34-15(2)30/h6-11,22-26H,13H2,1-5H3/t22-,23-,24+,25-,26-/m1/s1. The summed E-state index contributed by atoms with van der Waals surface area (Å²) in [5.41, 5.74) is 1.99. The molecule has 0 aliphatic carbocycles. The van der Waals surface area contributed by atoms with E-state index in [1.807, 2.05) is 30.3 Å². The number of carbonyl (C=O) groups is 4. The first-order chi connectivity index (χ1) is 18.4. The number of benzene rings is 1. The first kappa shape index (κ1) is 29.5. The molecule has 3 rings (SSSR count). The highest BCUT2D eigenvalue weighted by Gasteiger charge is 2.53. The molecule has 1 aliphatic heterocycles. The lowest BCUT2D eigenvalue weighted by Gasteiger charge is -2.45. The molecule has 2 aromatic rings. The van der Waals surface area contributed by atoms with Crippen LogP contribution in [0.2, 0.25) is 0 Å². The van der Waals surface area contributed by atoms with Gasteiger partial charge in [-0.1, -0.05) is 42.5 Å². The van der Waals surface area contributed by atoms with Crippen molar-refractivity contribution in [2.75, 3.05) is 6.61 Å². The maximum atomic E-state index is 12.3. The number of ether oxygens (including phenoxy) is 5. The molecular weight excluding hydrogens is 528 g/mol. The molecule has 0 spiro atoms. The summed E-state index contributed by atoms with van der Waals surface area (Å²) < 4.78 is 29.6. The minimum absolute atomic E-state index is 0.0669. The largest absolute Gasteiger partial charge is 0.463 e. The molecule has 2 heterocycles. The minimum Gasteiger partial charge on any atom is -0.463 e. The van der Waals surface area contributed by atoms with Crippen LogP contribution in [0.3, 0.4) is 0 Å². The predicted octanol–water partition coefficient (Wildman–Crippen LogP) is 3.32. The second kappa shape index (κ2) is 12.6. The van der Waals surface area contributed by atoms with Crippen LogP contribution in [0.4, 0.5) is 0 Å². The Balaban J connectivity index is 2.33. The van der Waals surface area contributed by atoms with E-state index in [9.17, 15) is 24.4 Å². The first-order valence-electron chi connectivity index (χ1n) is 12.0. The number of aromatic nitrogens is 1. The summed E-state index contributed by atoms with van der Waals surface area (Å²) in [4.78, 5) is 48.2. The van der Waals surface area contributed by atoms with Crippen molar-refractivity contribution in [2.45, 2.75) is 65.3 Å². The Kier molecular flexibility index (Phi) is 9.56. The van der Waals surface area contributed by atoms with Crippen LogP contribution in [-0.2, 0) is 42.9 Å². The number of esters is 4. The summed E-state index contributed by atoms with van der Waals surface area (Å²) in [6, 6.07) is 12.9. The SMILES string of the molecule is CC(=O)OC[C@H]1O[C@@H](n2c(-c3ccccc3)cc(C)c(C#N)c2=S)[C@H](OC(C)=O)[C@@H](OC(C)=O)[C@@H]1OC(C)=O. The van der Waals surface area contributed by atoms with Gasteiger partial charge >= 0.3 is 23.9 Å². The van der Waals surface area contributed by atoms with Gasteiger partial charge in [0.1, 0.15) is 23.4 Å². The van der Waals surface area contributed by atoms with Crippen LogP contribution in [0.1, 0.15) is 45.0 Å². The smallest absolute Gasteiger partial charge is 0.303 e. The highest BCUT2D eigenvalue weighted by Crippen LogP contribution is 2.38. The van der Waals surface area contributed by atoms with E-state index < -0.39 is 54.5 Å². The molecule has 5 atom stereocenters. The molecule has 0 saturated carbocycles. The van der Waals surface area contributed by atoms with E-state index in [4.69, 9.17) is 35.9 Å². The molecule has 1 aromatic carbocycles. The Morgan fingerprint density at radius 2 is 1.49 bits per heavy atom. The summed E-state index contributed by atoms with van der Waals surface area (Å²) in [6.07, 6.45) is -6.54. The van der Waals surface area contributed by atoms with Crippen molar-refractivity contribution >= 4 is 36.1 Å². The van der Waals surface area contributed by atoms with Crippen LogP contribution in [0.5, 0.6) is 0 Å². The van der Waals surface area contributed by atoms with Gasteiger partial charge in [-0.2, -0.15) is 5.26 Å². The maximum Gasteiger partial charge on any atom is 0.303 e. The topological polar surface area (TPSA) is 143 Å². The summed E-state index contributed by atoms with van der Waals surface area (Å²) in [7, 11) is 0. The average Bonchev–Trinajstić information content (AvgIpc) is 2.85. The van der Waals surface area contributed by atoms with E-state index in [1.165, 1.54) is 11.5 Å². The minimum atomic E-state index is -1.38. The average molecular weight is 557 g/mol. The van der Waals surface area contributed by atoms with Crippen LogP contribution in [0.15, 0.2) is 36.4 Å². The molecule has 1 saturated heterocycles. The number of nitrogens with zero attached hydrogens (tertiary/aromatic N) is 2. The van der Waals surface area contributed by atoms with Crippen molar-refractivity contribution in [3.8, 4) is 17.3 Å². The fraction of sp³-hybridized carbons (Fsp3) is 0.407. The highest BCUT2D eigenvalue weighted by molar-refractivity contribution is 7.71. The molecule has 0 radical (unpaired) electrons. The maximum absolute atomic E-state index is 12.3. The third-order valence-electron chi connectivity index (χ3n) is 5.84. The first-order valence-corrected chi connectivity index (χ1v) is 12.4. The number of hydrogen-bond acceptors (Lipinski definition) is 11. The van der Waals surface area contributed by atoms with E-state index in [0.29, 0.717) is 16.8 Å². The van der Waals surface area contributed by atoms with Crippen LogP contribution >= 0.6 is 12.2 Å². The summed E-state index contributed by atoms with van der Waals surface area (Å²) >= 11 is 5.73. The fourth-order valence-corrected chi connectivity index (χ4v) is 4.79. The molecule has 1 aromatic heterocycles. The van der Waals surface area contributed by atoms with Crippen LogP contribution < -0.4 is 0 Å². The van der Waals surface area contributed by atoms with Crippen LogP contribution in [-0.4, -0.2) is 59.5 Å². The molecular formula is C27H28N2O9S. The normalized spacial score (nSPS) is 22.2. The van der Waals surface area contributed by atoms with Gasteiger partial charge in [0.15, 0.2) is 24.5 Å². The summed E-state index contributed by atoms with van der Waals surface area (Å²) in [5, 5.41) is 9.86. The van der Waals surface area contributed by atoms with E-state index in [0.717, 1.165) is 20.8 Å². The van der Waals surface area contributed by atoms with Gasteiger partial charge in [0, 0.05) is 27.7 Å². The van der Waals surface area contributed by atoms with Gasteiger partial charge < -0.3 is 28.3 Å². The van der Waals surface area contributed by atoms with Gasteiger partial charge in [0.25, 0.3) is 0 Å². The molecule has 0 bridgehead atoms. The van der Waals surface area contributed by atoms with Crippen molar-refractivity contribution in [3.63, 3.8) is 0 Å². The molecule has 11 nitrogen and oxygen atoms in total. The fourth-order valence-electron chi connectivity index (χ4n) is 4.38. The predicted molar refractivity (Wildman–Crippen MR) is 137 cm³/mol. The second-order valence-electron chi connectivity index (χ2n) is 8.83.